The molecule has 1 amide bonds. The van der Waals surface area contributed by atoms with E-state index in [-0.39, 0.29) is 12.4 Å². The average Bonchev–Trinajstić information content (AvgIpc) is 3.35. The van der Waals surface area contributed by atoms with E-state index in [9.17, 15) is 4.79 Å². The largest absolute Gasteiger partial charge is 0.497 e. The van der Waals surface area contributed by atoms with Gasteiger partial charge in [-0.1, -0.05) is 12.1 Å². The van der Waals surface area contributed by atoms with Crippen LogP contribution in [0, 0.1) is 17.3 Å². The van der Waals surface area contributed by atoms with Gasteiger partial charge in [-0.25, -0.2) is 0 Å². The number of ether oxygens (including phenoxy) is 1. The lowest BCUT2D eigenvalue weighted by atomic mass is 9.89. The smallest absolute Gasteiger partial charge is 0.226 e. The van der Waals surface area contributed by atoms with Crippen molar-refractivity contribution in [1.82, 2.24) is 10.2 Å². The van der Waals surface area contributed by atoms with Crippen LogP contribution >= 0.6 is 12.4 Å². The zero-order valence-electron chi connectivity index (χ0n) is 15.7. The fourth-order valence-electron chi connectivity index (χ4n) is 4.85. The van der Waals surface area contributed by atoms with Crippen molar-refractivity contribution >= 4 is 18.3 Å². The summed E-state index contributed by atoms with van der Waals surface area (Å²) in [6.45, 7) is 4.08. The highest BCUT2D eigenvalue weighted by atomic mass is 35.5. The van der Waals surface area contributed by atoms with E-state index in [1.54, 1.807) is 7.11 Å². The molecule has 26 heavy (non-hydrogen) atoms. The van der Waals surface area contributed by atoms with E-state index in [2.05, 4.69) is 22.3 Å². The molecule has 2 heterocycles. The van der Waals surface area contributed by atoms with Crippen molar-refractivity contribution in [3.8, 4) is 5.75 Å². The minimum absolute atomic E-state index is 0. The second-order valence-corrected chi connectivity index (χ2v) is 8.19. The predicted molar refractivity (Wildman–Crippen MR) is 106 cm³/mol. The number of benzene rings is 1. The standard InChI is InChI=1S/C21H30N2O2.ClH/c1-25-18-4-2-16(3-5-18)14-17-6-12-23(13-7-17)20(24)19-15-21(19)8-10-22-11-9-21;/h2-5,17,19,22H,6-15H2,1H3;1H. The number of halogens is 1. The van der Waals surface area contributed by atoms with Crippen LogP contribution in [0.4, 0.5) is 0 Å². The summed E-state index contributed by atoms with van der Waals surface area (Å²) < 4.78 is 5.23. The summed E-state index contributed by atoms with van der Waals surface area (Å²) in [5.74, 6) is 2.39. The Morgan fingerprint density at radius 1 is 1.19 bits per heavy atom. The highest BCUT2D eigenvalue weighted by molar-refractivity contribution is 5.85. The summed E-state index contributed by atoms with van der Waals surface area (Å²) in [5.41, 5.74) is 1.74. The Bertz CT molecular complexity index is 605. The molecule has 1 saturated carbocycles. The molecular weight excluding hydrogens is 348 g/mol. The molecule has 3 fully saturated rings. The molecule has 2 saturated heterocycles. The number of hydrogen-bond donors (Lipinski definition) is 1. The van der Waals surface area contributed by atoms with Crippen molar-refractivity contribution in [3.63, 3.8) is 0 Å². The van der Waals surface area contributed by atoms with Crippen LogP contribution < -0.4 is 10.1 Å². The van der Waals surface area contributed by atoms with Gasteiger partial charge < -0.3 is 15.0 Å². The number of carbonyl (C=O) groups is 1. The Morgan fingerprint density at radius 3 is 2.46 bits per heavy atom. The third-order valence-electron chi connectivity index (χ3n) is 6.70. The first kappa shape index (κ1) is 19.5. The molecule has 1 atom stereocenters. The monoisotopic (exact) mass is 378 g/mol. The summed E-state index contributed by atoms with van der Waals surface area (Å²) in [6, 6.07) is 8.42. The second-order valence-electron chi connectivity index (χ2n) is 8.19. The highest BCUT2D eigenvalue weighted by Gasteiger charge is 2.58. The first-order valence-electron chi connectivity index (χ1n) is 9.83. The van der Waals surface area contributed by atoms with Gasteiger partial charge in [0.05, 0.1) is 7.11 Å². The molecule has 3 aliphatic rings. The van der Waals surface area contributed by atoms with E-state index >= 15 is 0 Å². The summed E-state index contributed by atoms with van der Waals surface area (Å²) in [4.78, 5) is 15.0. The Morgan fingerprint density at radius 2 is 1.85 bits per heavy atom. The van der Waals surface area contributed by atoms with Crippen molar-refractivity contribution in [2.45, 2.75) is 38.5 Å². The third kappa shape index (κ3) is 4.01. The second kappa shape index (κ2) is 8.18. The SMILES string of the molecule is COc1ccc(CC2CCN(C(=O)C3CC34CCNCC4)CC2)cc1.Cl. The van der Waals surface area contributed by atoms with Crippen molar-refractivity contribution in [1.29, 1.82) is 0 Å². The Balaban J connectivity index is 0.00000196. The Kier molecular flexibility index (Phi) is 6.13. The lowest BCUT2D eigenvalue weighted by molar-refractivity contribution is -0.135. The number of methoxy groups -OCH3 is 1. The predicted octanol–water partition coefficient (Wildman–Crippen LogP) is 3.29. The van der Waals surface area contributed by atoms with E-state index in [1.807, 2.05) is 12.1 Å². The lowest BCUT2D eigenvalue weighted by Crippen LogP contribution is -2.41. The van der Waals surface area contributed by atoms with Gasteiger partial charge >= 0.3 is 0 Å². The van der Waals surface area contributed by atoms with Crippen LogP contribution in [-0.4, -0.2) is 44.1 Å². The van der Waals surface area contributed by atoms with Crippen molar-refractivity contribution in [2.24, 2.45) is 17.3 Å². The molecule has 2 aliphatic heterocycles. The molecule has 0 bridgehead atoms. The topological polar surface area (TPSA) is 41.6 Å². The summed E-state index contributed by atoms with van der Waals surface area (Å²) >= 11 is 0. The van der Waals surface area contributed by atoms with Gasteiger partial charge in [0, 0.05) is 19.0 Å². The lowest BCUT2D eigenvalue weighted by Gasteiger charge is -2.33. The molecule has 144 valence electrons. The highest BCUT2D eigenvalue weighted by Crippen LogP contribution is 2.59. The fraction of sp³-hybridized carbons (Fsp3) is 0.667. The molecule has 0 radical (unpaired) electrons. The van der Waals surface area contributed by atoms with E-state index in [1.165, 1.54) is 18.4 Å². The van der Waals surface area contributed by atoms with Crippen molar-refractivity contribution in [3.05, 3.63) is 29.8 Å². The summed E-state index contributed by atoms with van der Waals surface area (Å²) in [7, 11) is 1.70. The zero-order valence-corrected chi connectivity index (χ0v) is 16.5. The number of carbonyl (C=O) groups excluding carboxylic acids is 1. The van der Waals surface area contributed by atoms with E-state index < -0.39 is 0 Å². The maximum atomic E-state index is 12.9. The van der Waals surface area contributed by atoms with Crippen LogP contribution in [-0.2, 0) is 11.2 Å². The Labute approximate surface area is 163 Å². The van der Waals surface area contributed by atoms with Crippen LogP contribution in [0.15, 0.2) is 24.3 Å². The third-order valence-corrected chi connectivity index (χ3v) is 6.70. The van der Waals surface area contributed by atoms with Crippen LogP contribution in [0.5, 0.6) is 5.75 Å². The molecule has 1 aliphatic carbocycles. The number of nitrogens with one attached hydrogen (secondary N) is 1. The van der Waals surface area contributed by atoms with Gasteiger partial charge in [0.25, 0.3) is 0 Å². The summed E-state index contributed by atoms with van der Waals surface area (Å²) in [6.07, 6.45) is 6.91. The van der Waals surface area contributed by atoms with Gasteiger partial charge in [0.15, 0.2) is 0 Å². The molecule has 1 N–H and O–H groups in total. The molecular formula is C21H31ClN2O2. The normalized spacial score (nSPS) is 24.8. The van der Waals surface area contributed by atoms with E-state index in [0.29, 0.717) is 23.2 Å². The zero-order chi connectivity index (χ0) is 17.3. The van der Waals surface area contributed by atoms with Gasteiger partial charge in [-0.15, -0.1) is 12.4 Å². The van der Waals surface area contributed by atoms with E-state index in [4.69, 9.17) is 4.74 Å². The van der Waals surface area contributed by atoms with Crippen LogP contribution in [0.25, 0.3) is 0 Å². The van der Waals surface area contributed by atoms with Gasteiger partial charge in [-0.3, -0.25) is 4.79 Å². The minimum Gasteiger partial charge on any atom is -0.497 e. The average molecular weight is 379 g/mol. The Hall–Kier alpha value is -1.26. The number of hydrogen-bond acceptors (Lipinski definition) is 3. The molecule has 5 heteroatoms. The first-order chi connectivity index (χ1) is 12.2. The number of rotatable bonds is 4. The van der Waals surface area contributed by atoms with Crippen molar-refractivity contribution < 1.29 is 9.53 Å². The number of likely N-dealkylation sites (tertiary alicyclic amines) is 1. The first-order valence-corrected chi connectivity index (χ1v) is 9.83. The van der Waals surface area contributed by atoms with Gasteiger partial charge in [-0.05, 0) is 80.6 Å². The quantitative estimate of drug-likeness (QED) is 0.874. The molecule has 1 spiro atoms. The maximum Gasteiger partial charge on any atom is 0.226 e. The fourth-order valence-corrected chi connectivity index (χ4v) is 4.85. The van der Waals surface area contributed by atoms with Crippen LogP contribution in [0.3, 0.4) is 0 Å². The number of nitrogens with zero attached hydrogens (tertiary/aromatic N) is 1. The molecule has 1 aromatic rings. The maximum absolute atomic E-state index is 12.9. The number of piperidine rings is 2. The van der Waals surface area contributed by atoms with Gasteiger partial charge in [-0.2, -0.15) is 0 Å². The molecule has 4 nitrogen and oxygen atoms in total. The van der Waals surface area contributed by atoms with Crippen LogP contribution in [0.2, 0.25) is 0 Å². The molecule has 4 rings (SSSR count). The van der Waals surface area contributed by atoms with Crippen LogP contribution in [0.1, 0.15) is 37.7 Å². The summed E-state index contributed by atoms with van der Waals surface area (Å²) in [5, 5.41) is 3.42. The van der Waals surface area contributed by atoms with Gasteiger partial charge in [0.2, 0.25) is 5.91 Å². The van der Waals surface area contributed by atoms with E-state index in [0.717, 1.165) is 57.6 Å². The molecule has 1 unspecified atom stereocenters. The molecule has 0 aromatic heterocycles. The van der Waals surface area contributed by atoms with Crippen molar-refractivity contribution in [2.75, 3.05) is 33.3 Å². The molecule has 1 aromatic carbocycles. The minimum atomic E-state index is 0. The number of amides is 1. The van der Waals surface area contributed by atoms with Gasteiger partial charge in [0.1, 0.15) is 5.75 Å².